The van der Waals surface area contributed by atoms with Crippen LogP contribution in [0.1, 0.15) is 9.80 Å². The van der Waals surface area contributed by atoms with Crippen LogP contribution in [-0.2, 0) is 10.0 Å². The first kappa shape index (κ1) is 11.3. The van der Waals surface area contributed by atoms with Gasteiger partial charge in [0.05, 0.1) is 0 Å². The standard InChI is InChI=1S/C7H10N2O3S2/c1-9(2)14(11,12)5-6(10)7-8-3-4-13-7/h3-4H,5H2,1-2H3. The molecule has 0 fully saturated rings. The van der Waals surface area contributed by atoms with Crippen LogP contribution >= 0.6 is 11.3 Å². The molecule has 0 N–H and O–H groups in total. The number of hydrogen-bond donors (Lipinski definition) is 0. The Hall–Kier alpha value is -0.790. The van der Waals surface area contributed by atoms with Gasteiger partial charge >= 0.3 is 0 Å². The molecule has 0 spiro atoms. The Bertz CT molecular complexity index is 408. The second-order valence-corrected chi connectivity index (χ2v) is 5.88. The van der Waals surface area contributed by atoms with Crippen molar-refractivity contribution in [3.05, 3.63) is 16.6 Å². The van der Waals surface area contributed by atoms with E-state index >= 15 is 0 Å². The highest BCUT2D eigenvalue weighted by molar-refractivity contribution is 7.89. The highest BCUT2D eigenvalue weighted by atomic mass is 32.2. The molecular formula is C7H10N2O3S2. The first-order chi connectivity index (χ1) is 6.43. The van der Waals surface area contributed by atoms with Crippen LogP contribution in [0.3, 0.4) is 0 Å². The van der Waals surface area contributed by atoms with Gasteiger partial charge in [0.2, 0.25) is 15.8 Å². The zero-order valence-electron chi connectivity index (χ0n) is 7.80. The lowest BCUT2D eigenvalue weighted by atomic mass is 10.5. The third kappa shape index (κ3) is 2.60. The molecule has 0 atom stereocenters. The van der Waals surface area contributed by atoms with Gasteiger partial charge in [0.25, 0.3) is 0 Å². The van der Waals surface area contributed by atoms with Gasteiger partial charge in [-0.25, -0.2) is 17.7 Å². The number of Topliss-reactive ketones (excluding diaryl/α,β-unsaturated/α-hetero) is 1. The molecule has 0 saturated heterocycles. The monoisotopic (exact) mass is 234 g/mol. The van der Waals surface area contributed by atoms with Crippen molar-refractivity contribution in [2.45, 2.75) is 0 Å². The SMILES string of the molecule is CN(C)S(=O)(=O)CC(=O)c1nccs1. The Morgan fingerprint density at radius 1 is 1.57 bits per heavy atom. The highest BCUT2D eigenvalue weighted by Crippen LogP contribution is 2.07. The van der Waals surface area contributed by atoms with Crippen molar-refractivity contribution in [2.75, 3.05) is 19.8 Å². The van der Waals surface area contributed by atoms with Gasteiger partial charge in [0, 0.05) is 25.7 Å². The smallest absolute Gasteiger partial charge is 0.221 e. The number of nitrogens with zero attached hydrogens (tertiary/aromatic N) is 2. The molecule has 1 rings (SSSR count). The van der Waals surface area contributed by atoms with E-state index in [4.69, 9.17) is 0 Å². The van der Waals surface area contributed by atoms with Crippen molar-refractivity contribution < 1.29 is 13.2 Å². The molecule has 14 heavy (non-hydrogen) atoms. The van der Waals surface area contributed by atoms with E-state index in [2.05, 4.69) is 4.98 Å². The lowest BCUT2D eigenvalue weighted by molar-refractivity contribution is 0.101. The Balaban J connectivity index is 2.77. The van der Waals surface area contributed by atoms with Crippen molar-refractivity contribution in [1.82, 2.24) is 9.29 Å². The van der Waals surface area contributed by atoms with Gasteiger partial charge < -0.3 is 0 Å². The molecule has 78 valence electrons. The lowest BCUT2D eigenvalue weighted by Gasteiger charge is -2.08. The molecule has 0 aliphatic carbocycles. The maximum absolute atomic E-state index is 11.4. The minimum atomic E-state index is -3.47. The summed E-state index contributed by atoms with van der Waals surface area (Å²) in [5.74, 6) is -0.984. The largest absolute Gasteiger partial charge is 0.290 e. The van der Waals surface area contributed by atoms with Gasteiger partial charge in [-0.2, -0.15) is 0 Å². The summed E-state index contributed by atoms with van der Waals surface area (Å²) < 4.78 is 23.7. The molecule has 0 aromatic carbocycles. The normalized spacial score (nSPS) is 11.9. The van der Waals surface area contributed by atoms with Gasteiger partial charge in [-0.15, -0.1) is 11.3 Å². The molecule has 0 radical (unpaired) electrons. The molecule has 1 aromatic heterocycles. The Morgan fingerprint density at radius 2 is 2.21 bits per heavy atom. The minimum Gasteiger partial charge on any atom is -0.290 e. The molecule has 1 heterocycles. The molecule has 0 aliphatic rings. The fourth-order valence-electron chi connectivity index (χ4n) is 0.718. The van der Waals surface area contributed by atoms with Gasteiger partial charge in [0.1, 0.15) is 5.75 Å². The minimum absolute atomic E-state index is 0.232. The van der Waals surface area contributed by atoms with Crippen LogP contribution in [0, 0.1) is 0 Å². The summed E-state index contributed by atoms with van der Waals surface area (Å²) in [4.78, 5) is 15.1. The second-order valence-electron chi connectivity index (χ2n) is 2.80. The van der Waals surface area contributed by atoms with Crippen LogP contribution in [0.4, 0.5) is 0 Å². The first-order valence-electron chi connectivity index (χ1n) is 3.76. The van der Waals surface area contributed by atoms with Gasteiger partial charge in [-0.05, 0) is 0 Å². The maximum Gasteiger partial charge on any atom is 0.221 e. The van der Waals surface area contributed by atoms with E-state index in [0.29, 0.717) is 0 Å². The molecule has 5 nitrogen and oxygen atoms in total. The molecule has 1 aromatic rings. The van der Waals surface area contributed by atoms with Gasteiger partial charge in [0.15, 0.2) is 5.01 Å². The second kappa shape index (κ2) is 4.16. The molecule has 7 heteroatoms. The van der Waals surface area contributed by atoms with Gasteiger partial charge in [-0.3, -0.25) is 4.79 Å². The average molecular weight is 234 g/mol. The van der Waals surface area contributed by atoms with E-state index in [-0.39, 0.29) is 5.01 Å². The molecule has 0 amide bonds. The fourth-order valence-corrected chi connectivity index (χ4v) is 2.11. The lowest BCUT2D eigenvalue weighted by Crippen LogP contribution is -2.29. The number of rotatable bonds is 4. The average Bonchev–Trinajstić information content (AvgIpc) is 2.54. The molecule has 0 bridgehead atoms. The zero-order valence-corrected chi connectivity index (χ0v) is 9.43. The molecular weight excluding hydrogens is 224 g/mol. The number of aromatic nitrogens is 1. The van der Waals surface area contributed by atoms with E-state index in [9.17, 15) is 13.2 Å². The number of carbonyl (C=O) groups excluding carboxylic acids is 1. The summed E-state index contributed by atoms with van der Waals surface area (Å²) in [6.45, 7) is 0. The van der Waals surface area contributed by atoms with Crippen LogP contribution in [-0.4, -0.2) is 43.3 Å². The maximum atomic E-state index is 11.4. The topological polar surface area (TPSA) is 67.3 Å². The van der Waals surface area contributed by atoms with Crippen LogP contribution in [0.15, 0.2) is 11.6 Å². The number of ketones is 1. The Kier molecular flexibility index (Phi) is 3.35. The Morgan fingerprint density at radius 3 is 2.64 bits per heavy atom. The van der Waals surface area contributed by atoms with E-state index in [1.54, 1.807) is 5.38 Å². The number of hydrogen-bond acceptors (Lipinski definition) is 5. The van der Waals surface area contributed by atoms with E-state index in [0.717, 1.165) is 15.6 Å². The van der Waals surface area contributed by atoms with Gasteiger partial charge in [-0.1, -0.05) is 0 Å². The van der Waals surface area contributed by atoms with E-state index < -0.39 is 21.6 Å². The van der Waals surface area contributed by atoms with Crippen molar-refractivity contribution >= 4 is 27.1 Å². The molecule has 0 saturated carbocycles. The van der Waals surface area contributed by atoms with Crippen LogP contribution in [0.25, 0.3) is 0 Å². The number of carbonyl (C=O) groups is 1. The third-order valence-corrected chi connectivity index (χ3v) is 4.09. The summed E-state index contributed by atoms with van der Waals surface area (Å²) in [6, 6.07) is 0. The van der Waals surface area contributed by atoms with Crippen molar-refractivity contribution in [3.63, 3.8) is 0 Å². The predicted octanol–water partition coefficient (Wildman–Crippen LogP) is 0.217. The number of thiazole rings is 1. The summed E-state index contributed by atoms with van der Waals surface area (Å²) in [5, 5.41) is 1.87. The fraction of sp³-hybridized carbons (Fsp3) is 0.429. The van der Waals surface area contributed by atoms with Crippen molar-refractivity contribution in [2.24, 2.45) is 0 Å². The quantitative estimate of drug-likeness (QED) is 0.699. The summed E-state index contributed by atoms with van der Waals surface area (Å²) in [5.41, 5.74) is 0. The van der Waals surface area contributed by atoms with E-state index in [1.807, 2.05) is 0 Å². The summed E-state index contributed by atoms with van der Waals surface area (Å²) in [7, 11) is -0.686. The number of sulfonamides is 1. The van der Waals surface area contributed by atoms with Crippen LogP contribution in [0.2, 0.25) is 0 Å². The summed E-state index contributed by atoms with van der Waals surface area (Å²) >= 11 is 1.14. The highest BCUT2D eigenvalue weighted by Gasteiger charge is 2.21. The zero-order chi connectivity index (χ0) is 10.8. The predicted molar refractivity (Wildman–Crippen MR) is 53.9 cm³/mol. The Labute approximate surface area is 86.4 Å². The third-order valence-electron chi connectivity index (χ3n) is 1.54. The van der Waals surface area contributed by atoms with E-state index in [1.165, 1.54) is 20.3 Å². The van der Waals surface area contributed by atoms with Crippen molar-refractivity contribution in [3.8, 4) is 0 Å². The summed E-state index contributed by atoms with van der Waals surface area (Å²) in [6.07, 6.45) is 1.47. The van der Waals surface area contributed by atoms with Crippen molar-refractivity contribution in [1.29, 1.82) is 0 Å². The molecule has 0 unspecified atom stereocenters. The van der Waals surface area contributed by atoms with Crippen LogP contribution in [0.5, 0.6) is 0 Å². The molecule has 0 aliphatic heterocycles. The first-order valence-corrected chi connectivity index (χ1v) is 6.25. The van der Waals surface area contributed by atoms with Crippen LogP contribution < -0.4 is 0 Å².